The molecule has 1 aliphatic heterocycles. The van der Waals surface area contributed by atoms with E-state index in [1.165, 1.54) is 11.0 Å². The van der Waals surface area contributed by atoms with Gasteiger partial charge in [-0.2, -0.15) is 0 Å². The summed E-state index contributed by atoms with van der Waals surface area (Å²) in [5, 5.41) is 0.413. The number of carbonyl (C=O) groups is 2. The molecule has 1 aliphatic rings. The van der Waals surface area contributed by atoms with E-state index in [0.29, 0.717) is 33.9 Å². The predicted octanol–water partition coefficient (Wildman–Crippen LogP) is 5.30. The highest BCUT2D eigenvalue weighted by atomic mass is 35.5. The van der Waals surface area contributed by atoms with Crippen LogP contribution in [0.3, 0.4) is 0 Å². The van der Waals surface area contributed by atoms with E-state index in [1.54, 1.807) is 58.0 Å². The Bertz CT molecular complexity index is 1000. The number of fused-ring (bicyclic) bond motifs is 1. The summed E-state index contributed by atoms with van der Waals surface area (Å²) in [6.07, 6.45) is -0.189. The van der Waals surface area contributed by atoms with E-state index < -0.39 is 23.7 Å². The van der Waals surface area contributed by atoms with E-state index >= 15 is 0 Å². The fourth-order valence-electron chi connectivity index (χ4n) is 3.68. The third-order valence-corrected chi connectivity index (χ3v) is 5.14. The standard InChI is InChI=1S/C24H27ClFNO5/c1-5-30-21(28)14-31-20-10-9-15(25)13-18(20)22-17-7-6-8-19(26)16(17)11-12-27(22)23(29)32-24(2,3)4/h6-10,13,22H,5,11-12,14H2,1-4H3. The van der Waals surface area contributed by atoms with Crippen molar-refractivity contribution in [2.75, 3.05) is 19.8 Å². The summed E-state index contributed by atoms with van der Waals surface area (Å²) in [7, 11) is 0. The maximum absolute atomic E-state index is 14.6. The molecule has 0 bridgehead atoms. The van der Waals surface area contributed by atoms with Gasteiger partial charge in [0, 0.05) is 17.1 Å². The number of hydrogen-bond donors (Lipinski definition) is 0. The van der Waals surface area contributed by atoms with Crippen LogP contribution >= 0.6 is 11.6 Å². The molecule has 1 heterocycles. The molecule has 0 saturated carbocycles. The van der Waals surface area contributed by atoms with Gasteiger partial charge in [0.15, 0.2) is 6.61 Å². The third-order valence-electron chi connectivity index (χ3n) is 4.91. The van der Waals surface area contributed by atoms with E-state index in [-0.39, 0.29) is 25.6 Å². The lowest BCUT2D eigenvalue weighted by atomic mass is 9.87. The molecule has 0 spiro atoms. The lowest BCUT2D eigenvalue weighted by Gasteiger charge is -2.39. The number of nitrogens with zero attached hydrogens (tertiary/aromatic N) is 1. The molecule has 2 aromatic rings. The van der Waals surface area contributed by atoms with Crippen molar-refractivity contribution in [3.8, 4) is 5.75 Å². The van der Waals surface area contributed by atoms with Crippen molar-refractivity contribution in [2.45, 2.75) is 45.8 Å². The Morgan fingerprint density at radius 3 is 2.62 bits per heavy atom. The molecule has 0 aliphatic carbocycles. The van der Waals surface area contributed by atoms with Gasteiger partial charge in [0.1, 0.15) is 17.2 Å². The molecule has 6 nitrogen and oxygen atoms in total. The first kappa shape index (κ1) is 23.9. The van der Waals surface area contributed by atoms with E-state index in [9.17, 15) is 14.0 Å². The quantitative estimate of drug-likeness (QED) is 0.563. The number of amides is 1. The Morgan fingerprint density at radius 1 is 1.19 bits per heavy atom. The Labute approximate surface area is 192 Å². The molecule has 0 N–H and O–H groups in total. The molecule has 1 amide bonds. The Kier molecular flexibility index (Phi) is 7.29. The van der Waals surface area contributed by atoms with Crippen molar-refractivity contribution < 1.29 is 28.2 Å². The summed E-state index contributed by atoms with van der Waals surface area (Å²) >= 11 is 6.28. The van der Waals surface area contributed by atoms with Gasteiger partial charge in [-0.05, 0) is 69.5 Å². The van der Waals surface area contributed by atoms with Gasteiger partial charge >= 0.3 is 12.1 Å². The Morgan fingerprint density at radius 2 is 1.94 bits per heavy atom. The first-order valence-electron chi connectivity index (χ1n) is 10.5. The van der Waals surface area contributed by atoms with Gasteiger partial charge in [0.2, 0.25) is 0 Å². The molecule has 1 unspecified atom stereocenters. The fraction of sp³-hybridized carbons (Fsp3) is 0.417. The average molecular weight is 464 g/mol. The number of hydrogen-bond acceptors (Lipinski definition) is 5. The molecule has 1 atom stereocenters. The highest BCUT2D eigenvalue weighted by Crippen LogP contribution is 2.41. The van der Waals surface area contributed by atoms with Gasteiger partial charge in [0.05, 0.1) is 12.6 Å². The first-order valence-corrected chi connectivity index (χ1v) is 10.8. The smallest absolute Gasteiger partial charge is 0.411 e. The molecular formula is C24H27ClFNO5. The number of esters is 1. The zero-order chi connectivity index (χ0) is 23.5. The highest BCUT2D eigenvalue weighted by molar-refractivity contribution is 6.30. The van der Waals surface area contributed by atoms with Crippen molar-refractivity contribution >= 4 is 23.7 Å². The molecule has 3 rings (SSSR count). The van der Waals surface area contributed by atoms with Gasteiger partial charge < -0.3 is 14.2 Å². The number of carbonyl (C=O) groups excluding carboxylic acids is 2. The second kappa shape index (κ2) is 9.77. The number of benzene rings is 2. The maximum atomic E-state index is 14.6. The van der Waals surface area contributed by atoms with Crippen LogP contribution in [-0.4, -0.2) is 42.3 Å². The molecule has 172 valence electrons. The molecule has 2 aromatic carbocycles. The van der Waals surface area contributed by atoms with Crippen molar-refractivity contribution in [2.24, 2.45) is 0 Å². The predicted molar refractivity (Wildman–Crippen MR) is 118 cm³/mol. The summed E-state index contributed by atoms with van der Waals surface area (Å²) in [5.41, 5.74) is 0.958. The number of halogens is 2. The first-order chi connectivity index (χ1) is 15.1. The minimum Gasteiger partial charge on any atom is -0.482 e. The van der Waals surface area contributed by atoms with E-state index in [0.717, 1.165) is 0 Å². The van der Waals surface area contributed by atoms with Crippen LogP contribution in [0.1, 0.15) is 50.4 Å². The summed E-state index contributed by atoms with van der Waals surface area (Å²) in [6.45, 7) is 7.23. The minimum absolute atomic E-state index is 0.233. The van der Waals surface area contributed by atoms with Crippen molar-refractivity contribution in [3.05, 3.63) is 63.9 Å². The summed E-state index contributed by atoms with van der Waals surface area (Å²) in [6, 6.07) is 8.97. The van der Waals surface area contributed by atoms with Crippen LogP contribution in [0.5, 0.6) is 5.75 Å². The summed E-state index contributed by atoms with van der Waals surface area (Å²) in [4.78, 5) is 26.5. The molecule has 0 radical (unpaired) electrons. The second-order valence-electron chi connectivity index (χ2n) is 8.41. The van der Waals surface area contributed by atoms with Crippen LogP contribution < -0.4 is 4.74 Å². The fourth-order valence-corrected chi connectivity index (χ4v) is 3.86. The minimum atomic E-state index is -0.708. The zero-order valence-corrected chi connectivity index (χ0v) is 19.4. The Balaban J connectivity index is 2.08. The van der Waals surface area contributed by atoms with E-state index in [1.807, 2.05) is 0 Å². The van der Waals surface area contributed by atoms with Gasteiger partial charge in [0.25, 0.3) is 0 Å². The van der Waals surface area contributed by atoms with Crippen molar-refractivity contribution in [1.29, 1.82) is 0 Å². The van der Waals surface area contributed by atoms with Crippen molar-refractivity contribution in [3.63, 3.8) is 0 Å². The molecular weight excluding hydrogens is 437 g/mol. The van der Waals surface area contributed by atoms with Crippen LogP contribution in [0.15, 0.2) is 36.4 Å². The Hall–Kier alpha value is -2.80. The number of rotatable bonds is 5. The normalized spacial score (nSPS) is 15.7. The van der Waals surface area contributed by atoms with Gasteiger partial charge in [-0.1, -0.05) is 23.7 Å². The maximum Gasteiger partial charge on any atom is 0.411 e. The van der Waals surface area contributed by atoms with Gasteiger partial charge in [-0.25, -0.2) is 14.0 Å². The van der Waals surface area contributed by atoms with Gasteiger partial charge in [-0.3, -0.25) is 4.90 Å². The number of ether oxygens (including phenoxy) is 3. The van der Waals surface area contributed by atoms with Crippen molar-refractivity contribution in [1.82, 2.24) is 4.90 Å². The SMILES string of the molecule is CCOC(=O)COc1ccc(Cl)cc1C1c2cccc(F)c2CCN1C(=O)OC(C)(C)C. The lowest BCUT2D eigenvalue weighted by molar-refractivity contribution is -0.145. The van der Waals surface area contributed by atoms with E-state index in [4.69, 9.17) is 25.8 Å². The molecule has 8 heteroatoms. The topological polar surface area (TPSA) is 65.1 Å². The molecule has 0 fully saturated rings. The zero-order valence-electron chi connectivity index (χ0n) is 18.6. The molecule has 32 heavy (non-hydrogen) atoms. The largest absolute Gasteiger partial charge is 0.482 e. The van der Waals surface area contributed by atoms with Crippen LogP contribution in [0.2, 0.25) is 5.02 Å². The van der Waals surface area contributed by atoms with Crippen LogP contribution in [-0.2, 0) is 20.7 Å². The summed E-state index contributed by atoms with van der Waals surface area (Å²) < 4.78 is 30.9. The average Bonchev–Trinajstić information content (AvgIpc) is 2.71. The van der Waals surface area contributed by atoms with Crippen LogP contribution in [0.25, 0.3) is 0 Å². The molecule has 0 aromatic heterocycles. The summed E-state index contributed by atoms with van der Waals surface area (Å²) in [5.74, 6) is -0.516. The monoisotopic (exact) mass is 463 g/mol. The third kappa shape index (κ3) is 5.51. The van der Waals surface area contributed by atoms with E-state index in [2.05, 4.69) is 0 Å². The second-order valence-corrected chi connectivity index (χ2v) is 8.85. The van der Waals surface area contributed by atoms with Crippen LogP contribution in [0.4, 0.5) is 9.18 Å². The van der Waals surface area contributed by atoms with Crippen LogP contribution in [0, 0.1) is 5.82 Å². The lowest BCUT2D eigenvalue weighted by Crippen LogP contribution is -2.43. The molecule has 0 saturated heterocycles. The highest BCUT2D eigenvalue weighted by Gasteiger charge is 2.37. The van der Waals surface area contributed by atoms with Gasteiger partial charge in [-0.15, -0.1) is 0 Å².